The summed E-state index contributed by atoms with van der Waals surface area (Å²) in [7, 11) is 1.64. The molecule has 0 radical (unpaired) electrons. The zero-order chi connectivity index (χ0) is 14.7. The van der Waals surface area contributed by atoms with E-state index < -0.39 is 0 Å². The first-order chi connectivity index (χ1) is 10.3. The van der Waals surface area contributed by atoms with E-state index in [4.69, 9.17) is 15.0 Å². The third kappa shape index (κ3) is 2.51. The first kappa shape index (κ1) is 13.3. The molecule has 0 unspecified atom stereocenters. The van der Waals surface area contributed by atoms with Gasteiger partial charge in [0.15, 0.2) is 0 Å². The van der Waals surface area contributed by atoms with Gasteiger partial charge in [0.1, 0.15) is 11.5 Å². The van der Waals surface area contributed by atoms with Crippen LogP contribution in [0.25, 0.3) is 10.4 Å². The summed E-state index contributed by atoms with van der Waals surface area (Å²) in [5.74, 6) is 1.59. The molecule has 0 aromatic heterocycles. The van der Waals surface area contributed by atoms with Crippen molar-refractivity contribution in [2.45, 2.75) is 12.0 Å². The van der Waals surface area contributed by atoms with Crippen LogP contribution < -0.4 is 9.47 Å². The minimum absolute atomic E-state index is 0.00158. The van der Waals surface area contributed by atoms with Gasteiger partial charge in [0, 0.05) is 16.4 Å². The molecule has 0 spiro atoms. The van der Waals surface area contributed by atoms with Crippen LogP contribution in [-0.4, -0.2) is 13.7 Å². The molecule has 0 saturated heterocycles. The van der Waals surface area contributed by atoms with Gasteiger partial charge >= 0.3 is 0 Å². The van der Waals surface area contributed by atoms with Crippen LogP contribution in [0.2, 0.25) is 0 Å². The van der Waals surface area contributed by atoms with Gasteiger partial charge in [-0.15, -0.1) is 0 Å². The van der Waals surface area contributed by atoms with Gasteiger partial charge < -0.3 is 9.47 Å². The lowest BCUT2D eigenvalue weighted by molar-refractivity contribution is 0.239. The minimum atomic E-state index is -0.256. The standard InChI is InChI=1S/C16H15N3O2/c1-20-12-8-6-11(7-9-12)14-10-21-15-5-3-2-4-13(15)16(14)18-19-17/h2-9,14,16H,10H2,1H3/t14-,16+/m1/s1. The highest BCUT2D eigenvalue weighted by Gasteiger charge is 2.31. The number of benzene rings is 2. The zero-order valence-corrected chi connectivity index (χ0v) is 11.6. The van der Waals surface area contributed by atoms with Crippen molar-refractivity contribution < 1.29 is 9.47 Å². The Hall–Kier alpha value is -2.65. The van der Waals surface area contributed by atoms with E-state index in [0.717, 1.165) is 22.6 Å². The molecule has 0 aliphatic carbocycles. The van der Waals surface area contributed by atoms with Crippen molar-refractivity contribution in [2.24, 2.45) is 5.11 Å². The number of methoxy groups -OCH3 is 1. The SMILES string of the molecule is COc1ccc([C@H]2COc3ccccc3[C@@H]2N=[N+]=[N-])cc1. The molecule has 0 N–H and O–H groups in total. The number of rotatable bonds is 3. The van der Waals surface area contributed by atoms with E-state index in [1.165, 1.54) is 0 Å². The Bertz CT molecular complexity index is 678. The Morgan fingerprint density at radius 1 is 1.19 bits per heavy atom. The van der Waals surface area contributed by atoms with Crippen LogP contribution in [0.3, 0.4) is 0 Å². The number of ether oxygens (including phenoxy) is 2. The smallest absolute Gasteiger partial charge is 0.122 e. The van der Waals surface area contributed by atoms with E-state index in [2.05, 4.69) is 10.0 Å². The predicted octanol–water partition coefficient (Wildman–Crippen LogP) is 4.22. The molecule has 1 aliphatic heterocycles. The molecule has 3 rings (SSSR count). The van der Waals surface area contributed by atoms with Gasteiger partial charge in [0.2, 0.25) is 0 Å². The lowest BCUT2D eigenvalue weighted by Crippen LogP contribution is -2.23. The molecule has 2 atom stereocenters. The molecule has 5 nitrogen and oxygen atoms in total. The van der Waals surface area contributed by atoms with Gasteiger partial charge in [-0.3, -0.25) is 0 Å². The number of fused-ring (bicyclic) bond motifs is 1. The molecule has 5 heteroatoms. The van der Waals surface area contributed by atoms with Crippen molar-refractivity contribution in [3.05, 3.63) is 70.1 Å². The first-order valence-corrected chi connectivity index (χ1v) is 6.73. The van der Waals surface area contributed by atoms with Crippen molar-refractivity contribution in [3.8, 4) is 11.5 Å². The van der Waals surface area contributed by atoms with E-state index >= 15 is 0 Å². The molecule has 0 bridgehead atoms. The molecular formula is C16H15N3O2. The maximum atomic E-state index is 8.89. The van der Waals surface area contributed by atoms with E-state index in [1.807, 2.05) is 48.5 Å². The van der Waals surface area contributed by atoms with Crippen LogP contribution in [0.4, 0.5) is 0 Å². The second-order valence-electron chi connectivity index (χ2n) is 4.88. The number of hydrogen-bond donors (Lipinski definition) is 0. The fourth-order valence-corrected chi connectivity index (χ4v) is 2.67. The Balaban J connectivity index is 2.00. The molecule has 2 aromatic rings. The summed E-state index contributed by atoms with van der Waals surface area (Å²) in [6, 6.07) is 15.2. The fraction of sp³-hybridized carbons (Fsp3) is 0.250. The molecule has 1 aliphatic rings. The van der Waals surface area contributed by atoms with Crippen LogP contribution in [0.1, 0.15) is 23.1 Å². The summed E-state index contributed by atoms with van der Waals surface area (Å²) in [6.07, 6.45) is 0. The topological polar surface area (TPSA) is 67.2 Å². The average molecular weight is 281 g/mol. The van der Waals surface area contributed by atoms with Crippen molar-refractivity contribution in [1.29, 1.82) is 0 Å². The molecule has 106 valence electrons. The number of nitrogens with zero attached hydrogens (tertiary/aromatic N) is 3. The zero-order valence-electron chi connectivity index (χ0n) is 11.6. The predicted molar refractivity (Wildman–Crippen MR) is 79.6 cm³/mol. The molecule has 2 aromatic carbocycles. The highest BCUT2D eigenvalue weighted by molar-refractivity contribution is 5.42. The van der Waals surface area contributed by atoms with Gasteiger partial charge in [-0.05, 0) is 29.3 Å². The second-order valence-corrected chi connectivity index (χ2v) is 4.88. The minimum Gasteiger partial charge on any atom is -0.497 e. The third-order valence-corrected chi connectivity index (χ3v) is 3.76. The van der Waals surface area contributed by atoms with Crippen LogP contribution in [0, 0.1) is 0 Å². The summed E-state index contributed by atoms with van der Waals surface area (Å²) >= 11 is 0. The Morgan fingerprint density at radius 2 is 1.95 bits per heavy atom. The van der Waals surface area contributed by atoms with Gasteiger partial charge in [-0.25, -0.2) is 0 Å². The molecule has 21 heavy (non-hydrogen) atoms. The summed E-state index contributed by atoms with van der Waals surface area (Å²) < 4.78 is 11.0. The number of para-hydroxylation sites is 1. The van der Waals surface area contributed by atoms with E-state index in [1.54, 1.807) is 7.11 Å². The number of azide groups is 1. The highest BCUT2D eigenvalue weighted by Crippen LogP contribution is 2.43. The monoisotopic (exact) mass is 281 g/mol. The van der Waals surface area contributed by atoms with Crippen molar-refractivity contribution in [2.75, 3.05) is 13.7 Å². The Labute approximate surface area is 122 Å². The first-order valence-electron chi connectivity index (χ1n) is 6.73. The highest BCUT2D eigenvalue weighted by atomic mass is 16.5. The molecular weight excluding hydrogens is 266 g/mol. The summed E-state index contributed by atoms with van der Waals surface area (Å²) in [4.78, 5) is 3.01. The fourth-order valence-electron chi connectivity index (χ4n) is 2.67. The maximum absolute atomic E-state index is 8.89. The van der Waals surface area contributed by atoms with Crippen molar-refractivity contribution in [1.82, 2.24) is 0 Å². The van der Waals surface area contributed by atoms with Gasteiger partial charge in [0.25, 0.3) is 0 Å². The van der Waals surface area contributed by atoms with Crippen LogP contribution in [-0.2, 0) is 0 Å². The summed E-state index contributed by atoms with van der Waals surface area (Å²) in [6.45, 7) is 0.493. The van der Waals surface area contributed by atoms with Gasteiger partial charge in [0.05, 0.1) is 19.8 Å². The molecule has 0 saturated carbocycles. The van der Waals surface area contributed by atoms with Crippen LogP contribution >= 0.6 is 0 Å². The lowest BCUT2D eigenvalue weighted by atomic mass is 9.86. The summed E-state index contributed by atoms with van der Waals surface area (Å²) in [5, 5.41) is 3.99. The van der Waals surface area contributed by atoms with Crippen LogP contribution in [0.15, 0.2) is 53.6 Å². The van der Waals surface area contributed by atoms with Gasteiger partial charge in [-0.2, -0.15) is 0 Å². The third-order valence-electron chi connectivity index (χ3n) is 3.76. The molecule has 0 amide bonds. The Morgan fingerprint density at radius 3 is 2.67 bits per heavy atom. The molecule has 0 fully saturated rings. The van der Waals surface area contributed by atoms with Crippen molar-refractivity contribution in [3.63, 3.8) is 0 Å². The van der Waals surface area contributed by atoms with Crippen molar-refractivity contribution >= 4 is 0 Å². The normalized spacial score (nSPS) is 19.9. The van der Waals surface area contributed by atoms with E-state index in [9.17, 15) is 0 Å². The van der Waals surface area contributed by atoms with E-state index in [-0.39, 0.29) is 12.0 Å². The molecule has 1 heterocycles. The van der Waals surface area contributed by atoms with E-state index in [0.29, 0.717) is 6.61 Å². The van der Waals surface area contributed by atoms with Crippen LogP contribution in [0.5, 0.6) is 11.5 Å². The Kier molecular flexibility index (Phi) is 3.67. The second kappa shape index (κ2) is 5.77. The largest absolute Gasteiger partial charge is 0.497 e. The average Bonchev–Trinajstić information content (AvgIpc) is 2.55. The number of hydrogen-bond acceptors (Lipinski definition) is 3. The van der Waals surface area contributed by atoms with Gasteiger partial charge in [-0.1, -0.05) is 35.4 Å². The quantitative estimate of drug-likeness (QED) is 0.480. The maximum Gasteiger partial charge on any atom is 0.122 e. The lowest BCUT2D eigenvalue weighted by Gasteiger charge is -2.31. The summed E-state index contributed by atoms with van der Waals surface area (Å²) in [5.41, 5.74) is 10.9.